The third-order valence-electron chi connectivity index (χ3n) is 16.7. The average molecular weight is 1340 g/mol. The van der Waals surface area contributed by atoms with Crippen LogP contribution < -0.4 is 19.9 Å². The second-order valence-electron chi connectivity index (χ2n) is 22.3. The second-order valence-corrected chi connectivity index (χ2v) is 22.3. The largest absolute Gasteiger partial charge is 2.00 e. The summed E-state index contributed by atoms with van der Waals surface area (Å²) in [5, 5.41) is 0. The SMILES string of the molecule is FC(F)(F)c1ccc(-c2c3nc(c(-c4ccccc4)c4ccc([n-]4)c(-c4c5nc(c(-c6ccccc6)c6ccc([n-]6)c(-c6ccc(C(F)(F)F)cc6)c6nc(c(-c7ccccc7)c7ccc4[n-]7)C=C6)C=C5)c4nc(c(-c5ccccc5)c5ccc2[n-]5)C=C4)C=C3)cc1.[Zn+2].[Zn+2]. The molecule has 0 amide bonds. The van der Waals surface area contributed by atoms with Crippen LogP contribution in [-0.4, -0.2) is 19.9 Å². The molecule has 0 N–H and O–H groups in total. The van der Waals surface area contributed by atoms with Crippen LogP contribution in [0.3, 0.4) is 0 Å². The summed E-state index contributed by atoms with van der Waals surface area (Å²) in [6, 6.07) is 64.8. The fourth-order valence-corrected chi connectivity index (χ4v) is 12.5. The Balaban J connectivity index is 0.00000382. The number of nitrogens with zero attached hydrogens (tertiary/aromatic N) is 8. The molecule has 0 saturated heterocycles. The minimum atomic E-state index is -4.55. The van der Waals surface area contributed by atoms with Crippen LogP contribution in [0.2, 0.25) is 0 Å². The van der Waals surface area contributed by atoms with Gasteiger partial charge in [0.25, 0.3) is 0 Å². The molecular formula is C78H44F6N8Zn2. The van der Waals surface area contributed by atoms with E-state index in [1.807, 2.05) is 218 Å². The first-order valence-electron chi connectivity index (χ1n) is 29.5. The van der Waals surface area contributed by atoms with Gasteiger partial charge >= 0.3 is 51.3 Å². The van der Waals surface area contributed by atoms with Crippen molar-refractivity contribution < 1.29 is 65.3 Å². The molecule has 0 unspecified atom stereocenters. The summed E-state index contributed by atoms with van der Waals surface area (Å²) in [7, 11) is 0. The number of hydrogen-bond acceptors (Lipinski definition) is 4. The van der Waals surface area contributed by atoms with Crippen molar-refractivity contribution in [2.75, 3.05) is 0 Å². The molecule has 8 nitrogen and oxygen atoms in total. The minimum absolute atomic E-state index is 0. The summed E-state index contributed by atoms with van der Waals surface area (Å²) >= 11 is 0. The monoisotopic (exact) mass is 1330 g/mol. The van der Waals surface area contributed by atoms with Crippen LogP contribution in [0, 0.1) is 0 Å². The van der Waals surface area contributed by atoms with E-state index >= 15 is 0 Å². The molecule has 4 aliphatic rings. The molecule has 4 aliphatic heterocycles. The van der Waals surface area contributed by atoms with E-state index in [4.69, 9.17) is 39.9 Å². The third kappa shape index (κ3) is 11.1. The van der Waals surface area contributed by atoms with E-state index in [2.05, 4.69) is 0 Å². The molecule has 16 heteroatoms. The van der Waals surface area contributed by atoms with E-state index in [9.17, 15) is 26.3 Å². The van der Waals surface area contributed by atoms with Gasteiger partial charge < -0.3 is 19.9 Å². The van der Waals surface area contributed by atoms with Gasteiger partial charge in [-0.05, 0) is 151 Å². The van der Waals surface area contributed by atoms with Crippen LogP contribution in [0.4, 0.5) is 26.3 Å². The minimum Gasteiger partial charge on any atom is -0.657 e. The molecule has 442 valence electrons. The Kier molecular flexibility index (Phi) is 15.8. The molecule has 94 heavy (non-hydrogen) atoms. The van der Waals surface area contributed by atoms with Crippen LogP contribution >= 0.6 is 0 Å². The number of fused-ring (bicyclic) bond motifs is 16. The number of alkyl halides is 6. The third-order valence-corrected chi connectivity index (χ3v) is 16.7. The van der Waals surface area contributed by atoms with E-state index in [1.165, 1.54) is 24.3 Å². The fraction of sp³-hybridized carbons (Fsp3) is 0.0256. The quantitative estimate of drug-likeness (QED) is 0.115. The topological polar surface area (TPSA) is 108 Å². The normalized spacial score (nSPS) is 12.4. The molecule has 0 aliphatic carbocycles. The smallest absolute Gasteiger partial charge is 0.657 e. The van der Waals surface area contributed by atoms with Crippen molar-refractivity contribution in [3.05, 3.63) is 275 Å². The number of aromatic nitrogens is 8. The maximum Gasteiger partial charge on any atom is 2.00 e. The van der Waals surface area contributed by atoms with E-state index in [0.29, 0.717) is 145 Å². The van der Waals surface area contributed by atoms with E-state index < -0.39 is 23.5 Å². The number of halogens is 6. The molecule has 0 atom stereocenters. The van der Waals surface area contributed by atoms with Crippen molar-refractivity contribution >= 4 is 92.7 Å². The Morgan fingerprint density at radius 3 is 0.564 bits per heavy atom. The van der Waals surface area contributed by atoms with Crippen molar-refractivity contribution in [3.8, 4) is 77.9 Å². The first-order valence-corrected chi connectivity index (χ1v) is 29.5. The number of benzene rings is 6. The second kappa shape index (κ2) is 24.4. The van der Waals surface area contributed by atoms with Gasteiger partial charge in [-0.2, -0.15) is 26.3 Å². The first-order chi connectivity index (χ1) is 44.8. The fourth-order valence-electron chi connectivity index (χ4n) is 12.5. The zero-order chi connectivity index (χ0) is 62.2. The summed E-state index contributed by atoms with van der Waals surface area (Å²) in [6.45, 7) is 0. The van der Waals surface area contributed by atoms with Crippen molar-refractivity contribution in [2.45, 2.75) is 12.4 Å². The molecule has 0 radical (unpaired) electrons. The summed E-state index contributed by atoms with van der Waals surface area (Å²) in [5.41, 5.74) is 16.5. The van der Waals surface area contributed by atoms with Gasteiger partial charge in [-0.25, -0.2) is 19.9 Å². The standard InChI is InChI=1S/C78H44F6N8.2Zn/c79-77(80,81)51-25-21-49(22-26-51)73-61-33-29-53(85-61)69(45-13-5-1-6-14-45)57-37-41-65(89-57)75(66-42-38-58(90-66)70(46-15-7-2-8-16-46)54-30-34-62(73)86-54)76-67-43-39-59(91-67)71(47-17-9-3-10-18-47)55-31-35-63(87-55)74(50-23-27-52(28-24-50)78(82,83)84)64-36-32-56(88-64)72(48-19-11-4-12-20-48)60-40-44-68(76)92-60;;/h1-44H;;/q-4;2*+2. The Labute approximate surface area is 559 Å². The van der Waals surface area contributed by atoms with Gasteiger partial charge in [-0.3, -0.25) is 0 Å². The van der Waals surface area contributed by atoms with Crippen molar-refractivity contribution in [1.82, 2.24) is 39.9 Å². The Morgan fingerprint density at radius 1 is 0.202 bits per heavy atom. The van der Waals surface area contributed by atoms with Crippen LogP contribution in [0.5, 0.6) is 0 Å². The molecule has 6 aromatic carbocycles. The zero-order valence-corrected chi connectivity index (χ0v) is 55.6. The number of hydrogen-bond donors (Lipinski definition) is 0. The molecule has 16 rings (SSSR count). The summed E-state index contributed by atoms with van der Waals surface area (Å²) in [5.74, 6) is 0. The molecule has 12 aromatic rings. The van der Waals surface area contributed by atoms with Crippen LogP contribution in [0.25, 0.3) is 171 Å². The van der Waals surface area contributed by atoms with Gasteiger partial charge in [0, 0.05) is 0 Å². The van der Waals surface area contributed by atoms with Gasteiger partial charge in [0.2, 0.25) is 0 Å². The molecule has 6 aromatic heterocycles. The molecule has 0 saturated carbocycles. The van der Waals surface area contributed by atoms with Crippen molar-refractivity contribution in [2.24, 2.45) is 0 Å². The first kappa shape index (κ1) is 60.9. The van der Waals surface area contributed by atoms with Gasteiger partial charge in [0.05, 0.1) is 56.7 Å². The Hall–Kier alpha value is -10.7. The number of rotatable bonds is 7. The predicted octanol–water partition coefficient (Wildman–Crippen LogP) is 19.8. The maximum atomic E-state index is 14.1. The Bertz CT molecular complexity index is 5040. The van der Waals surface area contributed by atoms with Gasteiger partial charge in [-0.1, -0.05) is 194 Å². The predicted molar refractivity (Wildman–Crippen MR) is 355 cm³/mol. The molecule has 16 bridgehead atoms. The molecule has 0 fully saturated rings. The van der Waals surface area contributed by atoms with Crippen LogP contribution in [0.1, 0.15) is 56.7 Å². The summed E-state index contributed by atoms with van der Waals surface area (Å²) < 4.78 is 84.6. The van der Waals surface area contributed by atoms with E-state index in [0.717, 1.165) is 46.5 Å². The summed E-state index contributed by atoms with van der Waals surface area (Å²) in [6.07, 6.45) is 6.30. The molecular weight excluding hydrogens is 1290 g/mol. The summed E-state index contributed by atoms with van der Waals surface area (Å²) in [4.78, 5) is 43.6. The zero-order valence-electron chi connectivity index (χ0n) is 49.7. The van der Waals surface area contributed by atoms with Crippen molar-refractivity contribution in [3.63, 3.8) is 0 Å². The van der Waals surface area contributed by atoms with Gasteiger partial charge in [0.15, 0.2) is 0 Å². The van der Waals surface area contributed by atoms with E-state index in [1.54, 1.807) is 0 Å². The van der Waals surface area contributed by atoms with Crippen LogP contribution in [-0.2, 0) is 51.3 Å². The van der Waals surface area contributed by atoms with Gasteiger partial charge in [0.1, 0.15) is 0 Å². The van der Waals surface area contributed by atoms with E-state index in [-0.39, 0.29) is 39.0 Å². The Morgan fingerprint density at radius 2 is 0.372 bits per heavy atom. The average Bonchev–Trinajstić information content (AvgIpc) is 1.61. The maximum absolute atomic E-state index is 14.1. The van der Waals surface area contributed by atoms with Gasteiger partial charge in [-0.15, -0.1) is 44.1 Å². The molecule has 0 spiro atoms. The molecule has 10 heterocycles. The van der Waals surface area contributed by atoms with Crippen molar-refractivity contribution in [1.29, 1.82) is 0 Å². The van der Waals surface area contributed by atoms with Crippen LogP contribution in [0.15, 0.2) is 218 Å².